The molecule has 0 heterocycles. The molecule has 0 fully saturated rings. The molecule has 0 aliphatic rings. The molecule has 0 saturated heterocycles. The van der Waals surface area contributed by atoms with Crippen molar-refractivity contribution in [2.75, 3.05) is 6.61 Å². The Morgan fingerprint density at radius 1 is 0.871 bits per heavy atom. The van der Waals surface area contributed by atoms with E-state index < -0.39 is 5.60 Å². The predicted octanol–water partition coefficient (Wildman–Crippen LogP) is 6.62. The highest BCUT2D eigenvalue weighted by Crippen LogP contribution is 2.41. The monoisotopic (exact) mass is 426 g/mol. The number of benzene rings is 2. The summed E-state index contributed by atoms with van der Waals surface area (Å²) < 4.78 is 11.8. The molecule has 0 unspecified atom stereocenters. The number of esters is 1. The SMILES string of the molecule is CCC(CC)(COc1ccc(C(CC)(CC)c2ccc(O)c(C)c2)cc1C)OC(C)=O. The van der Waals surface area contributed by atoms with Crippen LogP contribution in [0, 0.1) is 13.8 Å². The number of aryl methyl sites for hydroxylation is 2. The third-order valence-electron chi connectivity index (χ3n) is 6.82. The molecule has 0 spiro atoms. The maximum atomic E-state index is 11.6. The second-order valence-corrected chi connectivity index (χ2v) is 8.54. The standard InChI is InChI=1S/C27H38O4/c1-8-26(9-2,31-21(7)28)18-30-25-15-13-23(17-20(25)6)27(10-3,11-4)22-12-14-24(29)19(5)16-22/h12-17,29H,8-11,18H2,1-7H3. The zero-order valence-corrected chi connectivity index (χ0v) is 20.2. The van der Waals surface area contributed by atoms with E-state index in [2.05, 4.69) is 39.0 Å². The number of phenols is 1. The van der Waals surface area contributed by atoms with Gasteiger partial charge in [-0.1, -0.05) is 52.0 Å². The minimum absolute atomic E-state index is 0.129. The summed E-state index contributed by atoms with van der Waals surface area (Å²) in [6.07, 6.45) is 3.31. The first kappa shape index (κ1) is 24.8. The number of phenolic OH excluding ortho intramolecular Hbond substituents is 1. The Morgan fingerprint density at radius 3 is 1.87 bits per heavy atom. The van der Waals surface area contributed by atoms with Crippen LogP contribution in [0.5, 0.6) is 11.5 Å². The van der Waals surface area contributed by atoms with Gasteiger partial charge in [-0.25, -0.2) is 0 Å². The average molecular weight is 427 g/mol. The van der Waals surface area contributed by atoms with Crippen LogP contribution in [-0.2, 0) is 14.9 Å². The van der Waals surface area contributed by atoms with Gasteiger partial charge in [0.25, 0.3) is 0 Å². The predicted molar refractivity (Wildman–Crippen MR) is 126 cm³/mol. The lowest BCUT2D eigenvalue weighted by atomic mass is 9.70. The molecule has 0 amide bonds. The van der Waals surface area contributed by atoms with Crippen LogP contribution in [0.25, 0.3) is 0 Å². The first-order valence-corrected chi connectivity index (χ1v) is 11.4. The number of hydrogen-bond donors (Lipinski definition) is 1. The normalized spacial score (nSPS) is 12.0. The number of aromatic hydroxyl groups is 1. The lowest BCUT2D eigenvalue weighted by Crippen LogP contribution is -2.39. The van der Waals surface area contributed by atoms with Gasteiger partial charge in [-0.2, -0.15) is 0 Å². The van der Waals surface area contributed by atoms with Crippen molar-refractivity contribution in [2.45, 2.75) is 85.2 Å². The van der Waals surface area contributed by atoms with Gasteiger partial charge >= 0.3 is 5.97 Å². The van der Waals surface area contributed by atoms with Crippen LogP contribution in [-0.4, -0.2) is 23.3 Å². The number of carbonyl (C=O) groups is 1. The summed E-state index contributed by atoms with van der Waals surface area (Å²) in [5.74, 6) is 0.859. The second-order valence-electron chi connectivity index (χ2n) is 8.54. The summed E-state index contributed by atoms with van der Waals surface area (Å²) in [7, 11) is 0. The summed E-state index contributed by atoms with van der Waals surface area (Å²) in [4.78, 5) is 11.6. The maximum absolute atomic E-state index is 11.6. The Morgan fingerprint density at radius 2 is 1.42 bits per heavy atom. The van der Waals surface area contributed by atoms with Gasteiger partial charge in [-0.05, 0) is 73.9 Å². The van der Waals surface area contributed by atoms with Crippen LogP contribution in [0.3, 0.4) is 0 Å². The molecule has 170 valence electrons. The fourth-order valence-electron chi connectivity index (χ4n) is 4.44. The quantitative estimate of drug-likeness (QED) is 0.434. The molecule has 2 rings (SSSR count). The molecule has 1 N–H and O–H groups in total. The van der Waals surface area contributed by atoms with E-state index in [0.29, 0.717) is 25.2 Å². The van der Waals surface area contributed by atoms with E-state index >= 15 is 0 Å². The molecule has 0 aromatic heterocycles. The minimum Gasteiger partial charge on any atom is -0.508 e. The Balaban J connectivity index is 2.36. The van der Waals surface area contributed by atoms with Crippen molar-refractivity contribution < 1.29 is 19.4 Å². The zero-order valence-electron chi connectivity index (χ0n) is 20.2. The molecule has 4 heteroatoms. The van der Waals surface area contributed by atoms with Crippen LogP contribution in [0.1, 0.15) is 82.6 Å². The van der Waals surface area contributed by atoms with Crippen LogP contribution in [0.2, 0.25) is 0 Å². The van der Waals surface area contributed by atoms with Gasteiger partial charge < -0.3 is 14.6 Å². The average Bonchev–Trinajstić information content (AvgIpc) is 2.75. The van der Waals surface area contributed by atoms with Crippen LogP contribution in [0.4, 0.5) is 0 Å². The van der Waals surface area contributed by atoms with Crippen LogP contribution in [0.15, 0.2) is 36.4 Å². The first-order chi connectivity index (χ1) is 14.7. The molecule has 2 aromatic rings. The largest absolute Gasteiger partial charge is 0.508 e. The van der Waals surface area contributed by atoms with Gasteiger partial charge in [0.2, 0.25) is 0 Å². The van der Waals surface area contributed by atoms with E-state index in [1.807, 2.05) is 32.9 Å². The Bertz CT molecular complexity index is 892. The highest BCUT2D eigenvalue weighted by atomic mass is 16.6. The molecule has 2 aromatic carbocycles. The second kappa shape index (κ2) is 10.2. The van der Waals surface area contributed by atoms with Crippen LogP contribution < -0.4 is 4.74 Å². The van der Waals surface area contributed by atoms with E-state index in [1.165, 1.54) is 18.1 Å². The smallest absolute Gasteiger partial charge is 0.303 e. The number of hydrogen-bond acceptors (Lipinski definition) is 4. The topological polar surface area (TPSA) is 55.8 Å². The fourth-order valence-corrected chi connectivity index (χ4v) is 4.44. The summed E-state index contributed by atoms with van der Waals surface area (Å²) in [5, 5.41) is 9.98. The third-order valence-corrected chi connectivity index (χ3v) is 6.82. The molecular formula is C27H38O4. The van der Waals surface area contributed by atoms with Crippen molar-refractivity contribution in [2.24, 2.45) is 0 Å². The first-order valence-electron chi connectivity index (χ1n) is 11.4. The fraction of sp³-hybridized carbons (Fsp3) is 0.519. The third kappa shape index (κ3) is 5.23. The number of ether oxygens (including phenoxy) is 2. The summed E-state index contributed by atoms with van der Waals surface area (Å²) in [6.45, 7) is 14.2. The van der Waals surface area contributed by atoms with Gasteiger partial charge in [0, 0.05) is 12.3 Å². The van der Waals surface area contributed by atoms with Crippen molar-refractivity contribution >= 4 is 5.97 Å². The van der Waals surface area contributed by atoms with Gasteiger partial charge in [0.1, 0.15) is 23.7 Å². The van der Waals surface area contributed by atoms with E-state index in [-0.39, 0.29) is 11.4 Å². The molecule has 4 nitrogen and oxygen atoms in total. The molecule has 0 saturated carbocycles. The molecular weight excluding hydrogens is 388 g/mol. The van der Waals surface area contributed by atoms with Gasteiger partial charge in [0.15, 0.2) is 0 Å². The molecule has 0 radical (unpaired) electrons. The van der Waals surface area contributed by atoms with E-state index in [9.17, 15) is 9.90 Å². The van der Waals surface area contributed by atoms with E-state index in [1.54, 1.807) is 6.07 Å². The Kier molecular flexibility index (Phi) is 8.16. The number of rotatable bonds is 10. The highest BCUT2D eigenvalue weighted by Gasteiger charge is 2.33. The summed E-state index contributed by atoms with van der Waals surface area (Å²) >= 11 is 0. The van der Waals surface area contributed by atoms with Crippen molar-refractivity contribution in [3.63, 3.8) is 0 Å². The lowest BCUT2D eigenvalue weighted by molar-refractivity contribution is -0.161. The minimum atomic E-state index is -0.600. The molecule has 0 aliphatic heterocycles. The van der Waals surface area contributed by atoms with E-state index in [0.717, 1.165) is 29.7 Å². The summed E-state index contributed by atoms with van der Waals surface area (Å²) in [6, 6.07) is 12.3. The van der Waals surface area contributed by atoms with Gasteiger partial charge in [0.05, 0.1) is 0 Å². The Labute approximate surface area is 187 Å². The molecule has 0 aliphatic carbocycles. The Hall–Kier alpha value is -2.49. The van der Waals surface area contributed by atoms with Crippen molar-refractivity contribution in [3.8, 4) is 11.5 Å². The highest BCUT2D eigenvalue weighted by molar-refractivity contribution is 5.66. The lowest BCUT2D eigenvalue weighted by Gasteiger charge is -2.34. The molecule has 31 heavy (non-hydrogen) atoms. The molecule has 0 atom stereocenters. The van der Waals surface area contributed by atoms with Crippen molar-refractivity contribution in [3.05, 3.63) is 58.7 Å². The zero-order chi connectivity index (χ0) is 23.2. The molecule has 0 bridgehead atoms. The van der Waals surface area contributed by atoms with Crippen molar-refractivity contribution in [1.82, 2.24) is 0 Å². The van der Waals surface area contributed by atoms with Gasteiger partial charge in [-0.15, -0.1) is 0 Å². The number of carbonyl (C=O) groups excluding carboxylic acids is 1. The van der Waals surface area contributed by atoms with Gasteiger partial charge in [-0.3, -0.25) is 4.79 Å². The maximum Gasteiger partial charge on any atom is 0.303 e. The van der Waals surface area contributed by atoms with Crippen LogP contribution >= 0.6 is 0 Å². The summed E-state index contributed by atoms with van der Waals surface area (Å²) in [5.41, 5.74) is 3.67. The van der Waals surface area contributed by atoms with Crippen molar-refractivity contribution in [1.29, 1.82) is 0 Å². The van der Waals surface area contributed by atoms with E-state index in [4.69, 9.17) is 9.47 Å².